The van der Waals surface area contributed by atoms with Crippen LogP contribution in [0.25, 0.3) is 0 Å². The van der Waals surface area contributed by atoms with Crippen molar-refractivity contribution in [2.45, 2.75) is 26.1 Å². The molecule has 1 N–H and O–H groups in total. The van der Waals surface area contributed by atoms with Gasteiger partial charge in [0.25, 0.3) is 0 Å². The molecule has 5 nitrogen and oxygen atoms in total. The highest BCUT2D eigenvalue weighted by Crippen LogP contribution is 2.12. The summed E-state index contributed by atoms with van der Waals surface area (Å²) in [7, 11) is 0. The number of aromatic nitrogens is 2. The van der Waals surface area contributed by atoms with Crippen molar-refractivity contribution in [3.05, 3.63) is 18.2 Å². The number of carboxylic acid groups (broad SMARTS) is 1. The number of fused-ring (bicyclic) bond motifs is 1. The summed E-state index contributed by atoms with van der Waals surface area (Å²) in [6.07, 6.45) is 3.68. The van der Waals surface area contributed by atoms with Crippen molar-refractivity contribution in [3.8, 4) is 0 Å². The fraction of sp³-hybridized carbons (Fsp3) is 0.556. The molecule has 14 heavy (non-hydrogen) atoms. The Morgan fingerprint density at radius 2 is 2.43 bits per heavy atom. The molecule has 0 saturated carbocycles. The molecule has 0 radical (unpaired) electrons. The second-order valence-electron chi connectivity index (χ2n) is 3.52. The SMILES string of the molecule is C[C@@H](C(=O)O)N1CCn2ccnc2C1. The van der Waals surface area contributed by atoms with Gasteiger partial charge in [-0.05, 0) is 6.92 Å². The zero-order valence-corrected chi connectivity index (χ0v) is 8.05. The third-order valence-electron chi connectivity index (χ3n) is 2.68. The standard InChI is InChI=1S/C9H13N3O2/c1-7(9(13)14)12-5-4-11-3-2-10-8(11)6-12/h2-3,7H,4-6H2,1H3,(H,13,14)/t7-/m0/s1. The normalized spacial score (nSPS) is 18.9. The smallest absolute Gasteiger partial charge is 0.320 e. The molecule has 0 aromatic carbocycles. The molecule has 2 rings (SSSR count). The molecular formula is C9H13N3O2. The van der Waals surface area contributed by atoms with Crippen molar-refractivity contribution in [1.29, 1.82) is 0 Å². The van der Waals surface area contributed by atoms with Crippen LogP contribution < -0.4 is 0 Å². The molecule has 2 heterocycles. The third kappa shape index (κ3) is 1.50. The van der Waals surface area contributed by atoms with Gasteiger partial charge in [0, 0.05) is 25.5 Å². The summed E-state index contributed by atoms with van der Waals surface area (Å²) >= 11 is 0. The number of nitrogens with zero attached hydrogens (tertiary/aromatic N) is 3. The minimum atomic E-state index is -0.773. The van der Waals surface area contributed by atoms with Gasteiger partial charge in [-0.1, -0.05) is 0 Å². The van der Waals surface area contributed by atoms with Crippen LogP contribution in [0.1, 0.15) is 12.7 Å². The molecule has 0 spiro atoms. The van der Waals surface area contributed by atoms with E-state index in [1.165, 1.54) is 0 Å². The maximum atomic E-state index is 10.8. The molecule has 5 heteroatoms. The van der Waals surface area contributed by atoms with Crippen molar-refractivity contribution in [2.75, 3.05) is 6.54 Å². The maximum Gasteiger partial charge on any atom is 0.320 e. The lowest BCUT2D eigenvalue weighted by Gasteiger charge is -2.30. The number of hydrogen-bond donors (Lipinski definition) is 1. The Hall–Kier alpha value is -1.36. The Morgan fingerprint density at radius 1 is 1.64 bits per heavy atom. The molecule has 0 bridgehead atoms. The van der Waals surface area contributed by atoms with E-state index in [1.54, 1.807) is 13.1 Å². The van der Waals surface area contributed by atoms with Crippen LogP contribution in [0.4, 0.5) is 0 Å². The lowest BCUT2D eigenvalue weighted by Crippen LogP contribution is -2.43. The summed E-state index contributed by atoms with van der Waals surface area (Å²) in [5, 5.41) is 8.86. The second-order valence-corrected chi connectivity index (χ2v) is 3.52. The summed E-state index contributed by atoms with van der Waals surface area (Å²) in [6.45, 7) is 3.94. The summed E-state index contributed by atoms with van der Waals surface area (Å²) in [5.41, 5.74) is 0. The highest BCUT2D eigenvalue weighted by molar-refractivity contribution is 5.72. The van der Waals surface area contributed by atoms with Crippen LogP contribution in [0.2, 0.25) is 0 Å². The Bertz CT molecular complexity index is 348. The summed E-state index contributed by atoms with van der Waals surface area (Å²) < 4.78 is 2.06. The van der Waals surface area contributed by atoms with Gasteiger partial charge >= 0.3 is 5.97 Å². The lowest BCUT2D eigenvalue weighted by molar-refractivity contribution is -0.143. The highest BCUT2D eigenvalue weighted by Gasteiger charge is 2.24. The monoisotopic (exact) mass is 195 g/mol. The first-order valence-corrected chi connectivity index (χ1v) is 4.65. The van der Waals surface area contributed by atoms with Crippen molar-refractivity contribution >= 4 is 5.97 Å². The fourth-order valence-electron chi connectivity index (χ4n) is 1.68. The molecule has 0 fully saturated rings. The first-order valence-electron chi connectivity index (χ1n) is 4.65. The summed E-state index contributed by atoms with van der Waals surface area (Å²) in [6, 6.07) is -0.430. The van der Waals surface area contributed by atoms with E-state index in [9.17, 15) is 4.79 Å². The van der Waals surface area contributed by atoms with Crippen LogP contribution in [-0.2, 0) is 17.9 Å². The van der Waals surface area contributed by atoms with Crippen LogP contribution in [0.3, 0.4) is 0 Å². The number of rotatable bonds is 2. The highest BCUT2D eigenvalue weighted by atomic mass is 16.4. The van der Waals surface area contributed by atoms with Crippen molar-refractivity contribution < 1.29 is 9.90 Å². The Morgan fingerprint density at radius 3 is 3.14 bits per heavy atom. The van der Waals surface area contributed by atoms with Gasteiger partial charge in [-0.3, -0.25) is 9.69 Å². The largest absolute Gasteiger partial charge is 0.480 e. The van der Waals surface area contributed by atoms with Crippen molar-refractivity contribution in [2.24, 2.45) is 0 Å². The van der Waals surface area contributed by atoms with E-state index >= 15 is 0 Å². The van der Waals surface area contributed by atoms with Gasteiger partial charge in [0.1, 0.15) is 11.9 Å². The minimum absolute atomic E-state index is 0.430. The van der Waals surface area contributed by atoms with Crippen molar-refractivity contribution in [3.63, 3.8) is 0 Å². The van der Waals surface area contributed by atoms with Gasteiger partial charge in [-0.2, -0.15) is 0 Å². The Kier molecular flexibility index (Phi) is 2.25. The maximum absolute atomic E-state index is 10.8. The van der Waals surface area contributed by atoms with Crippen molar-refractivity contribution in [1.82, 2.24) is 14.5 Å². The Balaban J connectivity index is 2.11. The van der Waals surface area contributed by atoms with Gasteiger partial charge in [0.2, 0.25) is 0 Å². The molecule has 1 aromatic heterocycles. The molecule has 1 aliphatic rings. The molecule has 76 valence electrons. The van der Waals surface area contributed by atoms with E-state index in [0.29, 0.717) is 6.54 Å². The van der Waals surface area contributed by atoms with E-state index in [-0.39, 0.29) is 0 Å². The fourth-order valence-corrected chi connectivity index (χ4v) is 1.68. The van der Waals surface area contributed by atoms with E-state index < -0.39 is 12.0 Å². The number of aliphatic carboxylic acids is 1. The van der Waals surface area contributed by atoms with E-state index in [1.807, 2.05) is 11.1 Å². The third-order valence-corrected chi connectivity index (χ3v) is 2.68. The predicted molar refractivity (Wildman–Crippen MR) is 49.7 cm³/mol. The molecule has 0 unspecified atom stereocenters. The molecular weight excluding hydrogens is 182 g/mol. The summed E-state index contributed by atoms with van der Waals surface area (Å²) in [4.78, 5) is 16.9. The number of imidazole rings is 1. The average Bonchev–Trinajstić information content (AvgIpc) is 2.62. The van der Waals surface area contributed by atoms with Crippen LogP contribution in [0.5, 0.6) is 0 Å². The van der Waals surface area contributed by atoms with E-state index in [0.717, 1.165) is 18.9 Å². The van der Waals surface area contributed by atoms with Gasteiger partial charge in [0.05, 0.1) is 6.54 Å². The first-order chi connectivity index (χ1) is 6.68. The Labute approximate surface area is 82.0 Å². The zero-order valence-electron chi connectivity index (χ0n) is 8.05. The summed E-state index contributed by atoms with van der Waals surface area (Å²) in [5.74, 6) is 0.175. The predicted octanol–water partition coefficient (Wildman–Crippen LogP) is 0.172. The van der Waals surface area contributed by atoms with E-state index in [4.69, 9.17) is 5.11 Å². The number of hydrogen-bond acceptors (Lipinski definition) is 3. The minimum Gasteiger partial charge on any atom is -0.480 e. The first kappa shape index (κ1) is 9.21. The van der Waals surface area contributed by atoms with Crippen LogP contribution >= 0.6 is 0 Å². The topological polar surface area (TPSA) is 58.4 Å². The van der Waals surface area contributed by atoms with Gasteiger partial charge in [-0.15, -0.1) is 0 Å². The van der Waals surface area contributed by atoms with Crippen LogP contribution in [0, 0.1) is 0 Å². The average molecular weight is 195 g/mol. The number of carbonyl (C=O) groups is 1. The molecule has 1 atom stereocenters. The lowest BCUT2D eigenvalue weighted by atomic mass is 10.2. The van der Waals surface area contributed by atoms with Gasteiger partial charge in [-0.25, -0.2) is 4.98 Å². The quantitative estimate of drug-likeness (QED) is 0.731. The molecule has 1 aromatic rings. The molecule has 1 aliphatic heterocycles. The van der Waals surface area contributed by atoms with E-state index in [2.05, 4.69) is 9.55 Å². The second kappa shape index (κ2) is 3.42. The van der Waals surface area contributed by atoms with Gasteiger partial charge in [0.15, 0.2) is 0 Å². The number of carboxylic acids is 1. The molecule has 0 aliphatic carbocycles. The van der Waals surface area contributed by atoms with Gasteiger partial charge < -0.3 is 9.67 Å². The van der Waals surface area contributed by atoms with Crippen LogP contribution in [-0.4, -0.2) is 38.1 Å². The zero-order chi connectivity index (χ0) is 10.1. The molecule has 0 saturated heterocycles. The van der Waals surface area contributed by atoms with Crippen LogP contribution in [0.15, 0.2) is 12.4 Å². The molecule has 0 amide bonds.